The van der Waals surface area contributed by atoms with Crippen molar-refractivity contribution in [1.82, 2.24) is 15.8 Å². The van der Waals surface area contributed by atoms with Crippen molar-refractivity contribution in [1.29, 1.82) is 0 Å². The number of rotatable bonds is 5. The molecule has 0 spiro atoms. The number of nitrogens with one attached hydrogen (secondary N) is 2. The molecule has 0 radical (unpaired) electrons. The van der Waals surface area contributed by atoms with E-state index in [0.717, 1.165) is 37.8 Å². The van der Waals surface area contributed by atoms with E-state index in [2.05, 4.69) is 17.8 Å². The van der Waals surface area contributed by atoms with Gasteiger partial charge in [-0.05, 0) is 60.9 Å². The molecule has 1 aliphatic carbocycles. The van der Waals surface area contributed by atoms with Crippen LogP contribution in [0.2, 0.25) is 0 Å². The lowest BCUT2D eigenvalue weighted by atomic mass is 9.87. The Bertz CT molecular complexity index is 968. The summed E-state index contributed by atoms with van der Waals surface area (Å²) in [4.78, 5) is 40.6. The standard InChI is InChI=1S/C23H27N3O3S/c1-2-15-8-9-19-18(11-15)13-20(30-19)23(29)25-24-22(28)17-6-3-5-16(12-17)14-26-10-4-7-21(26)27/h3,5-6,12-13,15H,2,4,7-11,14H2,1H3,(H,24,28)(H,25,29)/t15-/m1/s1. The third-order valence-corrected chi connectivity index (χ3v) is 7.25. The average Bonchev–Trinajstić information content (AvgIpc) is 3.37. The van der Waals surface area contributed by atoms with Crippen LogP contribution in [-0.4, -0.2) is 29.2 Å². The van der Waals surface area contributed by atoms with Crippen molar-refractivity contribution in [2.75, 3.05) is 6.54 Å². The zero-order chi connectivity index (χ0) is 21.1. The van der Waals surface area contributed by atoms with E-state index < -0.39 is 0 Å². The Hall–Kier alpha value is -2.67. The van der Waals surface area contributed by atoms with E-state index >= 15 is 0 Å². The lowest BCUT2D eigenvalue weighted by molar-refractivity contribution is -0.128. The minimum absolute atomic E-state index is 0.154. The average molecular weight is 426 g/mol. The summed E-state index contributed by atoms with van der Waals surface area (Å²) in [6.45, 7) is 3.48. The Morgan fingerprint density at radius 1 is 1.17 bits per heavy atom. The van der Waals surface area contributed by atoms with Gasteiger partial charge in [0.1, 0.15) is 0 Å². The maximum atomic E-state index is 12.5. The number of carbonyl (C=O) groups excluding carboxylic acids is 3. The maximum Gasteiger partial charge on any atom is 0.279 e. The molecular weight excluding hydrogens is 398 g/mol. The van der Waals surface area contributed by atoms with Crippen LogP contribution in [-0.2, 0) is 24.2 Å². The SMILES string of the molecule is CC[C@@H]1CCc2sc(C(=O)NNC(=O)c3cccc(CN4CCCC4=O)c3)cc2C1. The molecule has 1 fully saturated rings. The van der Waals surface area contributed by atoms with Gasteiger partial charge < -0.3 is 4.90 Å². The zero-order valence-electron chi connectivity index (χ0n) is 17.2. The second-order valence-corrected chi connectivity index (χ2v) is 9.24. The predicted molar refractivity (Wildman–Crippen MR) is 116 cm³/mol. The number of thiophene rings is 1. The number of carbonyl (C=O) groups is 3. The summed E-state index contributed by atoms with van der Waals surface area (Å²) in [6, 6.07) is 9.13. The Morgan fingerprint density at radius 2 is 2.00 bits per heavy atom. The summed E-state index contributed by atoms with van der Waals surface area (Å²) < 4.78 is 0. The lowest BCUT2D eigenvalue weighted by Crippen LogP contribution is -2.41. The van der Waals surface area contributed by atoms with Gasteiger partial charge in [0.2, 0.25) is 5.91 Å². The van der Waals surface area contributed by atoms with Gasteiger partial charge in [0.25, 0.3) is 11.8 Å². The first-order chi connectivity index (χ1) is 14.5. The highest BCUT2D eigenvalue weighted by molar-refractivity contribution is 7.14. The maximum absolute atomic E-state index is 12.5. The quantitative estimate of drug-likeness (QED) is 0.720. The zero-order valence-corrected chi connectivity index (χ0v) is 18.0. The van der Waals surface area contributed by atoms with Crippen LogP contribution in [0.25, 0.3) is 0 Å². The van der Waals surface area contributed by atoms with E-state index in [4.69, 9.17) is 0 Å². The number of benzene rings is 1. The molecule has 2 aromatic rings. The molecule has 158 valence electrons. The van der Waals surface area contributed by atoms with Gasteiger partial charge in [0, 0.05) is 30.0 Å². The van der Waals surface area contributed by atoms with Gasteiger partial charge in [-0.2, -0.15) is 0 Å². The minimum atomic E-state index is -0.370. The summed E-state index contributed by atoms with van der Waals surface area (Å²) in [5.41, 5.74) is 7.69. The Balaban J connectivity index is 1.34. The van der Waals surface area contributed by atoms with Crippen molar-refractivity contribution in [2.45, 2.75) is 52.0 Å². The van der Waals surface area contributed by atoms with Crippen molar-refractivity contribution in [3.05, 3.63) is 56.8 Å². The molecule has 1 aliphatic heterocycles. The Kier molecular flexibility index (Phi) is 6.18. The van der Waals surface area contributed by atoms with Crippen LogP contribution in [0, 0.1) is 5.92 Å². The van der Waals surface area contributed by atoms with Gasteiger partial charge in [-0.15, -0.1) is 11.3 Å². The van der Waals surface area contributed by atoms with Crippen LogP contribution in [0.4, 0.5) is 0 Å². The van der Waals surface area contributed by atoms with Crippen molar-refractivity contribution in [3.8, 4) is 0 Å². The molecule has 2 N–H and O–H groups in total. The van der Waals surface area contributed by atoms with E-state index in [0.29, 0.717) is 29.3 Å². The van der Waals surface area contributed by atoms with Crippen molar-refractivity contribution in [2.24, 2.45) is 5.92 Å². The molecule has 2 aliphatic rings. The fourth-order valence-electron chi connectivity index (χ4n) is 4.21. The molecule has 3 amide bonds. The third kappa shape index (κ3) is 4.56. The molecule has 1 saturated heterocycles. The summed E-state index contributed by atoms with van der Waals surface area (Å²) in [5.74, 6) is 0.201. The summed E-state index contributed by atoms with van der Waals surface area (Å²) in [7, 11) is 0. The fourth-order valence-corrected chi connectivity index (χ4v) is 5.31. The molecule has 1 aromatic carbocycles. The molecule has 4 rings (SSSR count). The van der Waals surface area contributed by atoms with E-state index in [1.54, 1.807) is 23.1 Å². The van der Waals surface area contributed by atoms with E-state index in [-0.39, 0.29) is 17.7 Å². The van der Waals surface area contributed by atoms with Crippen LogP contribution < -0.4 is 10.9 Å². The number of fused-ring (bicyclic) bond motifs is 1. The monoisotopic (exact) mass is 425 g/mol. The number of nitrogens with zero attached hydrogens (tertiary/aromatic N) is 1. The first-order valence-corrected chi connectivity index (χ1v) is 11.4. The Morgan fingerprint density at radius 3 is 2.77 bits per heavy atom. The number of likely N-dealkylation sites (tertiary alicyclic amines) is 1. The number of hydrogen-bond donors (Lipinski definition) is 2. The highest BCUT2D eigenvalue weighted by Crippen LogP contribution is 2.33. The number of hydrazine groups is 1. The molecule has 0 bridgehead atoms. The second kappa shape index (κ2) is 9.00. The van der Waals surface area contributed by atoms with Gasteiger partial charge >= 0.3 is 0 Å². The van der Waals surface area contributed by atoms with E-state index in [1.807, 2.05) is 12.1 Å². The number of aryl methyl sites for hydroxylation is 1. The summed E-state index contributed by atoms with van der Waals surface area (Å²) >= 11 is 1.52. The molecule has 0 saturated carbocycles. The smallest absolute Gasteiger partial charge is 0.279 e. The van der Waals surface area contributed by atoms with E-state index in [1.165, 1.54) is 28.2 Å². The van der Waals surface area contributed by atoms with Gasteiger partial charge in [-0.3, -0.25) is 25.2 Å². The normalized spacial score (nSPS) is 18.2. The topological polar surface area (TPSA) is 78.5 Å². The van der Waals surface area contributed by atoms with Crippen molar-refractivity contribution >= 4 is 29.1 Å². The van der Waals surface area contributed by atoms with Crippen LogP contribution in [0.15, 0.2) is 30.3 Å². The van der Waals surface area contributed by atoms with Gasteiger partial charge in [0.15, 0.2) is 0 Å². The van der Waals surface area contributed by atoms with Crippen LogP contribution in [0.1, 0.15) is 68.6 Å². The lowest BCUT2D eigenvalue weighted by Gasteiger charge is -2.19. The van der Waals surface area contributed by atoms with Crippen molar-refractivity contribution < 1.29 is 14.4 Å². The first-order valence-electron chi connectivity index (χ1n) is 10.6. The first kappa shape index (κ1) is 20.6. The largest absolute Gasteiger partial charge is 0.338 e. The Labute approximate surface area is 180 Å². The second-order valence-electron chi connectivity index (χ2n) is 8.10. The van der Waals surface area contributed by atoms with Crippen LogP contribution >= 0.6 is 11.3 Å². The highest BCUT2D eigenvalue weighted by atomic mass is 32.1. The number of hydrogen-bond acceptors (Lipinski definition) is 4. The van der Waals surface area contributed by atoms with Crippen LogP contribution in [0.3, 0.4) is 0 Å². The predicted octanol–water partition coefficient (Wildman–Crippen LogP) is 3.46. The molecule has 1 atom stereocenters. The number of amides is 3. The van der Waals surface area contributed by atoms with Gasteiger partial charge in [-0.1, -0.05) is 25.5 Å². The molecule has 7 heteroatoms. The molecule has 6 nitrogen and oxygen atoms in total. The summed E-state index contributed by atoms with van der Waals surface area (Å²) in [5, 5.41) is 0. The minimum Gasteiger partial charge on any atom is -0.338 e. The van der Waals surface area contributed by atoms with E-state index in [9.17, 15) is 14.4 Å². The van der Waals surface area contributed by atoms with Crippen LogP contribution in [0.5, 0.6) is 0 Å². The molecule has 1 aromatic heterocycles. The fraction of sp³-hybridized carbons (Fsp3) is 0.435. The van der Waals surface area contributed by atoms with Gasteiger partial charge in [0.05, 0.1) is 4.88 Å². The summed E-state index contributed by atoms with van der Waals surface area (Å²) in [6.07, 6.45) is 5.89. The molecule has 0 unspecified atom stereocenters. The molecule has 30 heavy (non-hydrogen) atoms. The molecular formula is C23H27N3O3S. The molecule has 2 heterocycles. The van der Waals surface area contributed by atoms with Crippen molar-refractivity contribution in [3.63, 3.8) is 0 Å². The third-order valence-electron chi connectivity index (χ3n) is 6.01. The van der Waals surface area contributed by atoms with Gasteiger partial charge in [-0.25, -0.2) is 0 Å². The highest BCUT2D eigenvalue weighted by Gasteiger charge is 2.23.